The highest BCUT2D eigenvalue weighted by Gasteiger charge is 2.13. The summed E-state index contributed by atoms with van der Waals surface area (Å²) in [6.07, 6.45) is 5.76. The van der Waals surface area contributed by atoms with Gasteiger partial charge in [-0.1, -0.05) is 53.4 Å². The molecule has 0 aliphatic heterocycles. The number of hydrogen-bond donors (Lipinski definition) is 0. The molecule has 0 rings (SSSR count). The molecule has 0 heterocycles. The van der Waals surface area contributed by atoms with Crippen molar-refractivity contribution < 1.29 is 9.84 Å². The molecule has 0 spiro atoms. The molecule has 0 aromatic carbocycles. The lowest BCUT2D eigenvalue weighted by Crippen LogP contribution is -2.18. The molecule has 0 saturated heterocycles. The predicted octanol–water partition coefficient (Wildman–Crippen LogP) is 4.41. The molecular formula is C14H29O2. The van der Waals surface area contributed by atoms with E-state index in [1.807, 2.05) is 0 Å². The highest BCUT2D eigenvalue weighted by Crippen LogP contribution is 2.15. The first-order valence-electron chi connectivity index (χ1n) is 6.87. The van der Waals surface area contributed by atoms with E-state index in [4.69, 9.17) is 4.74 Å². The molecule has 97 valence electrons. The standard InChI is InChI=1S/C14H29O2/c1-5-7-9-13(4)11-16-14(15)10-12(3)8-6-2/h12-14H,5-11H2,1-4H3. The van der Waals surface area contributed by atoms with Crippen molar-refractivity contribution in [2.75, 3.05) is 6.61 Å². The first-order valence-corrected chi connectivity index (χ1v) is 6.87. The van der Waals surface area contributed by atoms with E-state index >= 15 is 0 Å². The molecule has 0 bridgehead atoms. The summed E-state index contributed by atoms with van der Waals surface area (Å²) in [6.45, 7) is 9.28. The third-order valence-electron chi connectivity index (χ3n) is 2.99. The minimum atomic E-state index is -0.814. The summed E-state index contributed by atoms with van der Waals surface area (Å²) in [7, 11) is 0. The number of ether oxygens (including phenoxy) is 1. The zero-order chi connectivity index (χ0) is 12.4. The van der Waals surface area contributed by atoms with Crippen LogP contribution in [0.3, 0.4) is 0 Å². The maximum Gasteiger partial charge on any atom is 0.191 e. The van der Waals surface area contributed by atoms with Crippen molar-refractivity contribution in [3.63, 3.8) is 0 Å². The van der Waals surface area contributed by atoms with E-state index in [1.54, 1.807) is 0 Å². The van der Waals surface area contributed by atoms with E-state index in [0.29, 0.717) is 24.9 Å². The Hall–Kier alpha value is -0.0800. The van der Waals surface area contributed by atoms with Crippen molar-refractivity contribution in [3.8, 4) is 0 Å². The van der Waals surface area contributed by atoms with Crippen molar-refractivity contribution in [2.45, 2.75) is 72.5 Å². The van der Waals surface area contributed by atoms with Gasteiger partial charge < -0.3 is 4.74 Å². The lowest BCUT2D eigenvalue weighted by molar-refractivity contribution is -0.156. The van der Waals surface area contributed by atoms with Crippen molar-refractivity contribution in [2.24, 2.45) is 11.8 Å². The van der Waals surface area contributed by atoms with Crippen molar-refractivity contribution >= 4 is 0 Å². The Morgan fingerprint density at radius 1 is 1.00 bits per heavy atom. The highest BCUT2D eigenvalue weighted by atomic mass is 16.6. The Kier molecular flexibility index (Phi) is 10.0. The van der Waals surface area contributed by atoms with Crippen molar-refractivity contribution in [1.29, 1.82) is 0 Å². The van der Waals surface area contributed by atoms with Gasteiger partial charge >= 0.3 is 0 Å². The predicted molar refractivity (Wildman–Crippen MR) is 67.8 cm³/mol. The van der Waals surface area contributed by atoms with Crippen LogP contribution < -0.4 is 0 Å². The maximum absolute atomic E-state index is 11.6. The minimum Gasteiger partial charge on any atom is -0.349 e. The molecule has 1 radical (unpaired) electrons. The third-order valence-corrected chi connectivity index (χ3v) is 2.99. The fourth-order valence-corrected chi connectivity index (χ4v) is 1.91. The van der Waals surface area contributed by atoms with E-state index < -0.39 is 6.29 Å². The van der Waals surface area contributed by atoms with Crippen LogP contribution in [0, 0.1) is 11.8 Å². The lowest BCUT2D eigenvalue weighted by Gasteiger charge is -2.17. The van der Waals surface area contributed by atoms with Gasteiger partial charge in [0, 0.05) is 6.42 Å². The zero-order valence-corrected chi connectivity index (χ0v) is 11.5. The van der Waals surface area contributed by atoms with Gasteiger partial charge in [0.15, 0.2) is 6.29 Å². The summed E-state index contributed by atoms with van der Waals surface area (Å²) in [5, 5.41) is 11.6. The molecule has 16 heavy (non-hydrogen) atoms. The van der Waals surface area contributed by atoms with Gasteiger partial charge in [0.05, 0.1) is 6.61 Å². The molecule has 0 aromatic rings. The summed E-state index contributed by atoms with van der Waals surface area (Å²) >= 11 is 0. The normalized spacial score (nSPS) is 17.1. The summed E-state index contributed by atoms with van der Waals surface area (Å²) in [5.41, 5.74) is 0. The van der Waals surface area contributed by atoms with Crippen LogP contribution in [0.25, 0.3) is 0 Å². The van der Waals surface area contributed by atoms with Crippen LogP contribution in [0.4, 0.5) is 0 Å². The fraction of sp³-hybridized carbons (Fsp3) is 1.00. The Morgan fingerprint density at radius 3 is 2.25 bits per heavy atom. The molecule has 0 fully saturated rings. The van der Waals surface area contributed by atoms with Gasteiger partial charge in [0.25, 0.3) is 0 Å². The molecule has 3 unspecified atom stereocenters. The molecule has 0 saturated carbocycles. The van der Waals surface area contributed by atoms with E-state index in [9.17, 15) is 5.11 Å². The van der Waals surface area contributed by atoms with Crippen LogP contribution in [-0.4, -0.2) is 12.9 Å². The van der Waals surface area contributed by atoms with Crippen LogP contribution >= 0.6 is 0 Å². The van der Waals surface area contributed by atoms with Crippen molar-refractivity contribution in [1.82, 2.24) is 0 Å². The molecule has 2 nitrogen and oxygen atoms in total. The molecule has 0 amide bonds. The quantitative estimate of drug-likeness (QED) is 0.510. The SMILES string of the molecule is CCCCC(C)COC([O])CC(C)CCC. The topological polar surface area (TPSA) is 29.1 Å². The van der Waals surface area contributed by atoms with Gasteiger partial charge in [0.2, 0.25) is 0 Å². The Labute approximate surface area is 101 Å². The van der Waals surface area contributed by atoms with Crippen LogP contribution in [0.15, 0.2) is 0 Å². The second-order valence-corrected chi connectivity index (χ2v) is 5.14. The largest absolute Gasteiger partial charge is 0.349 e. The fourth-order valence-electron chi connectivity index (χ4n) is 1.91. The molecule has 0 N–H and O–H groups in total. The summed E-state index contributed by atoms with van der Waals surface area (Å²) in [4.78, 5) is 0. The first kappa shape index (κ1) is 15.9. The Bertz CT molecular complexity index is 148. The zero-order valence-electron chi connectivity index (χ0n) is 11.5. The van der Waals surface area contributed by atoms with E-state index in [-0.39, 0.29) is 0 Å². The molecule has 3 atom stereocenters. The van der Waals surface area contributed by atoms with Gasteiger partial charge in [-0.05, 0) is 18.3 Å². The van der Waals surface area contributed by atoms with Crippen molar-refractivity contribution in [3.05, 3.63) is 0 Å². The molecule has 0 aliphatic carbocycles. The smallest absolute Gasteiger partial charge is 0.191 e. The second kappa shape index (κ2) is 10.1. The lowest BCUT2D eigenvalue weighted by atomic mass is 10.0. The van der Waals surface area contributed by atoms with Gasteiger partial charge in [-0.2, -0.15) is 0 Å². The van der Waals surface area contributed by atoms with Gasteiger partial charge in [-0.3, -0.25) is 0 Å². The van der Waals surface area contributed by atoms with Gasteiger partial charge in [0.1, 0.15) is 0 Å². The van der Waals surface area contributed by atoms with Crippen LogP contribution in [0.1, 0.15) is 66.2 Å². The first-order chi connectivity index (χ1) is 7.60. The summed E-state index contributed by atoms with van der Waals surface area (Å²) < 4.78 is 5.36. The number of unbranched alkanes of at least 4 members (excludes halogenated alkanes) is 1. The van der Waals surface area contributed by atoms with Crippen LogP contribution in [-0.2, 0) is 9.84 Å². The Morgan fingerprint density at radius 2 is 1.69 bits per heavy atom. The molecule has 2 heteroatoms. The summed E-state index contributed by atoms with van der Waals surface area (Å²) in [5.74, 6) is 1.02. The number of rotatable bonds is 10. The maximum atomic E-state index is 11.6. The Balaban J connectivity index is 3.51. The van der Waals surface area contributed by atoms with Gasteiger partial charge in [-0.15, -0.1) is 0 Å². The van der Waals surface area contributed by atoms with Gasteiger partial charge in [-0.25, -0.2) is 5.11 Å². The number of hydrogen-bond acceptors (Lipinski definition) is 1. The van der Waals surface area contributed by atoms with E-state index in [0.717, 1.165) is 12.8 Å². The second-order valence-electron chi connectivity index (χ2n) is 5.14. The average Bonchev–Trinajstić information content (AvgIpc) is 2.23. The van der Waals surface area contributed by atoms with E-state index in [1.165, 1.54) is 19.3 Å². The van der Waals surface area contributed by atoms with Crippen LogP contribution in [0.2, 0.25) is 0 Å². The summed E-state index contributed by atoms with van der Waals surface area (Å²) in [6, 6.07) is 0. The monoisotopic (exact) mass is 229 g/mol. The average molecular weight is 229 g/mol. The van der Waals surface area contributed by atoms with E-state index in [2.05, 4.69) is 27.7 Å². The molecular weight excluding hydrogens is 200 g/mol. The third kappa shape index (κ3) is 9.17. The van der Waals surface area contributed by atoms with Crippen LogP contribution in [0.5, 0.6) is 0 Å². The highest BCUT2D eigenvalue weighted by molar-refractivity contribution is 4.56. The minimum absolute atomic E-state index is 0.499. The molecule has 0 aliphatic rings. The molecule has 0 aromatic heterocycles.